The number of ether oxygens (including phenoxy) is 4. The molecule has 0 aliphatic heterocycles. The molecule has 3 rings (SSSR count). The van der Waals surface area contributed by atoms with Crippen molar-refractivity contribution in [2.75, 3.05) is 33.8 Å². The van der Waals surface area contributed by atoms with Gasteiger partial charge in [0.15, 0.2) is 16.6 Å². The number of carbonyl (C=O) groups is 1. The zero-order valence-electron chi connectivity index (χ0n) is 14.8. The number of carbonyl (C=O) groups excluding carboxylic acids is 1. The molecule has 136 valence electrons. The van der Waals surface area contributed by atoms with Crippen LogP contribution in [0.15, 0.2) is 30.3 Å². The molecule has 3 aromatic rings. The van der Waals surface area contributed by atoms with Crippen molar-refractivity contribution in [2.24, 2.45) is 0 Å². The second-order valence-corrected chi connectivity index (χ2v) is 6.24. The van der Waals surface area contributed by atoms with Gasteiger partial charge in [-0.25, -0.2) is 4.98 Å². The monoisotopic (exact) mass is 374 g/mol. The van der Waals surface area contributed by atoms with E-state index < -0.39 is 0 Å². The van der Waals surface area contributed by atoms with Crippen molar-refractivity contribution < 1.29 is 23.7 Å². The van der Waals surface area contributed by atoms with E-state index in [1.54, 1.807) is 19.2 Å². The molecule has 0 radical (unpaired) electrons. The van der Waals surface area contributed by atoms with Gasteiger partial charge in [-0.2, -0.15) is 0 Å². The second kappa shape index (κ2) is 7.49. The van der Waals surface area contributed by atoms with Crippen LogP contribution in [-0.2, 0) is 0 Å². The lowest BCUT2D eigenvalue weighted by atomic mass is 10.1. The number of thiazole rings is 1. The van der Waals surface area contributed by atoms with E-state index in [0.717, 1.165) is 10.2 Å². The molecule has 2 aromatic carbocycles. The number of amides is 1. The highest BCUT2D eigenvalue weighted by Gasteiger charge is 2.19. The number of nitrogens with zero attached hydrogens (tertiary/aromatic N) is 1. The number of hydrogen-bond donors (Lipinski definition) is 1. The van der Waals surface area contributed by atoms with E-state index in [4.69, 9.17) is 18.9 Å². The molecule has 0 spiro atoms. The number of anilines is 1. The Morgan fingerprint density at radius 1 is 0.923 bits per heavy atom. The summed E-state index contributed by atoms with van der Waals surface area (Å²) in [5.74, 6) is 1.65. The summed E-state index contributed by atoms with van der Waals surface area (Å²) in [6, 6.07) is 8.75. The third kappa shape index (κ3) is 3.36. The Labute approximate surface area is 154 Å². The molecule has 8 heteroatoms. The first-order chi connectivity index (χ1) is 12.6. The molecular formula is C18H18N2O5S. The van der Waals surface area contributed by atoms with E-state index in [2.05, 4.69) is 10.3 Å². The molecule has 1 N–H and O–H groups in total. The van der Waals surface area contributed by atoms with Gasteiger partial charge in [0.25, 0.3) is 5.91 Å². The van der Waals surface area contributed by atoms with Crippen molar-refractivity contribution in [2.45, 2.75) is 0 Å². The molecule has 0 aliphatic carbocycles. The lowest BCUT2D eigenvalue weighted by Gasteiger charge is -2.13. The minimum atomic E-state index is -0.353. The largest absolute Gasteiger partial charge is 0.497 e. The Morgan fingerprint density at radius 3 is 2.27 bits per heavy atom. The first-order valence-electron chi connectivity index (χ1n) is 7.65. The summed E-state index contributed by atoms with van der Waals surface area (Å²) in [7, 11) is 6.11. The standard InChI is InChI=1S/C18H18N2O5S/c1-22-10-5-6-16-12(7-10)19-18(26-16)20-17(21)11-8-14(24-3)15(25-4)9-13(11)23-2/h5-9H,1-4H3,(H,19,20,21). The smallest absolute Gasteiger partial charge is 0.261 e. The molecule has 1 aromatic heterocycles. The van der Waals surface area contributed by atoms with E-state index in [0.29, 0.717) is 33.7 Å². The van der Waals surface area contributed by atoms with Crippen LogP contribution >= 0.6 is 11.3 Å². The summed E-state index contributed by atoms with van der Waals surface area (Å²) in [6.07, 6.45) is 0. The Bertz CT molecular complexity index is 954. The zero-order chi connectivity index (χ0) is 18.7. The fourth-order valence-electron chi connectivity index (χ4n) is 2.46. The second-order valence-electron chi connectivity index (χ2n) is 5.21. The highest BCUT2D eigenvalue weighted by molar-refractivity contribution is 7.22. The molecule has 26 heavy (non-hydrogen) atoms. The van der Waals surface area contributed by atoms with Gasteiger partial charge in [-0.3, -0.25) is 10.1 Å². The maximum atomic E-state index is 12.7. The number of benzene rings is 2. The third-order valence-corrected chi connectivity index (χ3v) is 4.72. The van der Waals surface area contributed by atoms with Crippen molar-refractivity contribution in [3.8, 4) is 23.0 Å². The van der Waals surface area contributed by atoms with Gasteiger partial charge in [0.05, 0.1) is 44.2 Å². The van der Waals surface area contributed by atoms with Gasteiger partial charge in [-0.15, -0.1) is 0 Å². The highest BCUT2D eigenvalue weighted by Crippen LogP contribution is 2.35. The number of nitrogens with one attached hydrogen (secondary N) is 1. The normalized spacial score (nSPS) is 10.5. The van der Waals surface area contributed by atoms with E-state index >= 15 is 0 Å². The minimum absolute atomic E-state index is 0.321. The van der Waals surface area contributed by atoms with Crippen LogP contribution in [0.2, 0.25) is 0 Å². The van der Waals surface area contributed by atoms with Crippen molar-refractivity contribution in [1.29, 1.82) is 0 Å². The topological polar surface area (TPSA) is 78.9 Å². The van der Waals surface area contributed by atoms with Gasteiger partial charge >= 0.3 is 0 Å². The van der Waals surface area contributed by atoms with Crippen LogP contribution in [0.3, 0.4) is 0 Å². The van der Waals surface area contributed by atoms with Crippen molar-refractivity contribution in [1.82, 2.24) is 4.98 Å². The van der Waals surface area contributed by atoms with Crippen LogP contribution in [0.5, 0.6) is 23.0 Å². The molecule has 0 saturated carbocycles. The molecule has 1 amide bonds. The summed E-state index contributed by atoms with van der Waals surface area (Å²) in [5.41, 5.74) is 1.07. The van der Waals surface area contributed by atoms with Gasteiger partial charge in [0.2, 0.25) is 0 Å². The van der Waals surface area contributed by atoms with E-state index in [1.165, 1.54) is 32.7 Å². The van der Waals surface area contributed by atoms with E-state index in [9.17, 15) is 4.79 Å². The predicted octanol–water partition coefficient (Wildman–Crippen LogP) is 3.58. The summed E-state index contributed by atoms with van der Waals surface area (Å²) in [6.45, 7) is 0. The van der Waals surface area contributed by atoms with Crippen LogP contribution in [0.4, 0.5) is 5.13 Å². The molecule has 7 nitrogen and oxygen atoms in total. The lowest BCUT2D eigenvalue weighted by molar-refractivity contribution is 0.102. The van der Waals surface area contributed by atoms with Gasteiger partial charge in [0.1, 0.15) is 11.5 Å². The molecule has 0 saturated heterocycles. The summed E-state index contributed by atoms with van der Waals surface area (Å²) < 4.78 is 21.9. The quantitative estimate of drug-likeness (QED) is 0.710. The molecular weight excluding hydrogens is 356 g/mol. The van der Waals surface area contributed by atoms with Crippen LogP contribution in [0, 0.1) is 0 Å². The minimum Gasteiger partial charge on any atom is -0.497 e. The maximum absolute atomic E-state index is 12.7. The fourth-order valence-corrected chi connectivity index (χ4v) is 3.30. The first kappa shape index (κ1) is 17.8. The molecule has 0 fully saturated rings. The van der Waals surface area contributed by atoms with Gasteiger partial charge in [-0.05, 0) is 12.1 Å². The first-order valence-corrected chi connectivity index (χ1v) is 8.47. The fraction of sp³-hybridized carbons (Fsp3) is 0.222. The van der Waals surface area contributed by atoms with Gasteiger partial charge < -0.3 is 18.9 Å². The SMILES string of the molecule is COc1ccc2sc(NC(=O)c3cc(OC)c(OC)cc3OC)nc2c1. The third-order valence-electron chi connectivity index (χ3n) is 3.77. The van der Waals surface area contributed by atoms with Crippen LogP contribution < -0.4 is 24.3 Å². The molecule has 0 unspecified atom stereocenters. The van der Waals surface area contributed by atoms with Gasteiger partial charge in [-0.1, -0.05) is 11.3 Å². The summed E-state index contributed by atoms with van der Waals surface area (Å²) >= 11 is 1.38. The number of rotatable bonds is 6. The molecule has 1 heterocycles. The number of aromatic nitrogens is 1. The van der Waals surface area contributed by atoms with Crippen LogP contribution in [-0.4, -0.2) is 39.3 Å². The van der Waals surface area contributed by atoms with Gasteiger partial charge in [0, 0.05) is 18.2 Å². The average molecular weight is 374 g/mol. The average Bonchev–Trinajstić information content (AvgIpc) is 3.07. The van der Waals surface area contributed by atoms with Crippen molar-refractivity contribution in [3.05, 3.63) is 35.9 Å². The molecule has 0 aliphatic rings. The number of fused-ring (bicyclic) bond motifs is 1. The van der Waals surface area contributed by atoms with Crippen LogP contribution in [0.1, 0.15) is 10.4 Å². The Morgan fingerprint density at radius 2 is 1.62 bits per heavy atom. The van der Waals surface area contributed by atoms with E-state index in [1.807, 2.05) is 18.2 Å². The maximum Gasteiger partial charge on any atom is 0.261 e. The number of methoxy groups -OCH3 is 4. The van der Waals surface area contributed by atoms with Crippen LogP contribution in [0.25, 0.3) is 10.2 Å². The van der Waals surface area contributed by atoms with Crippen molar-refractivity contribution >= 4 is 32.6 Å². The van der Waals surface area contributed by atoms with Crippen molar-refractivity contribution in [3.63, 3.8) is 0 Å². The summed E-state index contributed by atoms with van der Waals surface area (Å²) in [5, 5.41) is 3.28. The molecule has 0 bridgehead atoms. The Hall–Kier alpha value is -3.00. The molecule has 0 atom stereocenters. The number of hydrogen-bond acceptors (Lipinski definition) is 7. The predicted molar refractivity (Wildman–Crippen MR) is 100 cm³/mol. The zero-order valence-corrected chi connectivity index (χ0v) is 15.6. The van der Waals surface area contributed by atoms with E-state index in [-0.39, 0.29) is 5.91 Å². The summed E-state index contributed by atoms with van der Waals surface area (Å²) in [4.78, 5) is 17.1. The highest BCUT2D eigenvalue weighted by atomic mass is 32.1. The lowest BCUT2D eigenvalue weighted by Crippen LogP contribution is -2.13. The Balaban J connectivity index is 1.92. The Kier molecular flexibility index (Phi) is 5.13.